The third-order valence-corrected chi connectivity index (χ3v) is 5.26. The normalized spacial score (nSPS) is 12.8. The number of hydrogen-bond donors (Lipinski definition) is 1. The van der Waals surface area contributed by atoms with E-state index in [0.717, 1.165) is 30.6 Å². The first kappa shape index (κ1) is 16.6. The van der Waals surface area contributed by atoms with Crippen LogP contribution in [0.5, 0.6) is 0 Å². The van der Waals surface area contributed by atoms with Crippen LogP contribution in [0, 0.1) is 13.8 Å². The molecule has 0 spiro atoms. The van der Waals surface area contributed by atoms with Gasteiger partial charge in [-0.1, -0.05) is 42.5 Å². The standard InChI is InChI=1S/C22H23N3O/c1-16-8-6-11-19(17(16)2)23-21(26)15-24-14-20(18-9-4-3-5-10-18)25-13-7-12-22(24)25/h3-6,8-11,14H,7,12-13,15H2,1-2H3/p+1. The Hall–Kier alpha value is -2.88. The number of amides is 1. The zero-order chi connectivity index (χ0) is 18.1. The lowest BCUT2D eigenvalue weighted by Gasteiger charge is -2.09. The number of hydrogen-bond acceptors (Lipinski definition) is 1. The second kappa shape index (κ2) is 6.79. The molecule has 0 saturated carbocycles. The number of imidazole rings is 1. The molecule has 1 amide bonds. The van der Waals surface area contributed by atoms with E-state index in [1.165, 1.54) is 22.6 Å². The molecule has 0 fully saturated rings. The fourth-order valence-corrected chi connectivity index (χ4v) is 3.72. The van der Waals surface area contributed by atoms with E-state index in [9.17, 15) is 4.79 Å². The average molecular weight is 346 g/mol. The Morgan fingerprint density at radius 3 is 2.73 bits per heavy atom. The molecule has 1 N–H and O–H groups in total. The quantitative estimate of drug-likeness (QED) is 0.720. The summed E-state index contributed by atoms with van der Waals surface area (Å²) in [6.07, 6.45) is 4.27. The molecule has 2 heterocycles. The molecule has 2 aromatic carbocycles. The second-order valence-electron chi connectivity index (χ2n) is 6.98. The van der Waals surface area contributed by atoms with Crippen LogP contribution >= 0.6 is 0 Å². The maximum Gasteiger partial charge on any atom is 0.266 e. The van der Waals surface area contributed by atoms with Crippen molar-refractivity contribution in [1.82, 2.24) is 4.57 Å². The van der Waals surface area contributed by atoms with Gasteiger partial charge < -0.3 is 5.32 Å². The highest BCUT2D eigenvalue weighted by molar-refractivity contribution is 5.90. The number of fused-ring (bicyclic) bond motifs is 1. The zero-order valence-corrected chi connectivity index (χ0v) is 15.3. The van der Waals surface area contributed by atoms with Crippen LogP contribution < -0.4 is 9.88 Å². The highest BCUT2D eigenvalue weighted by atomic mass is 16.1. The number of anilines is 1. The molecule has 1 aliphatic rings. The summed E-state index contributed by atoms with van der Waals surface area (Å²) in [5, 5.41) is 3.07. The fourth-order valence-electron chi connectivity index (χ4n) is 3.72. The molecule has 0 saturated heterocycles. The summed E-state index contributed by atoms with van der Waals surface area (Å²) in [7, 11) is 0. The van der Waals surface area contributed by atoms with Gasteiger partial charge in [0, 0.05) is 11.3 Å². The maximum atomic E-state index is 12.6. The van der Waals surface area contributed by atoms with Crippen molar-refractivity contribution in [2.24, 2.45) is 0 Å². The summed E-state index contributed by atoms with van der Waals surface area (Å²) in [5.74, 6) is 1.25. The highest BCUT2D eigenvalue weighted by Gasteiger charge is 2.29. The first-order valence-electron chi connectivity index (χ1n) is 9.17. The van der Waals surface area contributed by atoms with E-state index in [2.05, 4.69) is 57.9 Å². The van der Waals surface area contributed by atoms with Crippen molar-refractivity contribution in [1.29, 1.82) is 0 Å². The summed E-state index contributed by atoms with van der Waals surface area (Å²) < 4.78 is 4.45. The predicted molar refractivity (Wildman–Crippen MR) is 103 cm³/mol. The molecular weight excluding hydrogens is 322 g/mol. The lowest BCUT2D eigenvalue weighted by Crippen LogP contribution is -2.42. The number of nitrogens with one attached hydrogen (secondary N) is 1. The third-order valence-electron chi connectivity index (χ3n) is 5.26. The number of nitrogens with zero attached hydrogens (tertiary/aromatic N) is 2. The van der Waals surface area contributed by atoms with Crippen LogP contribution in [0.15, 0.2) is 54.7 Å². The van der Waals surface area contributed by atoms with Crippen molar-refractivity contribution in [3.63, 3.8) is 0 Å². The summed E-state index contributed by atoms with van der Waals surface area (Å²) in [6, 6.07) is 16.4. The Morgan fingerprint density at radius 2 is 1.92 bits per heavy atom. The molecular formula is C22H24N3O+. The highest BCUT2D eigenvalue weighted by Crippen LogP contribution is 2.24. The lowest BCUT2D eigenvalue weighted by atomic mass is 10.1. The van der Waals surface area contributed by atoms with E-state index < -0.39 is 0 Å². The van der Waals surface area contributed by atoms with Gasteiger partial charge in [0.2, 0.25) is 0 Å². The number of aryl methyl sites for hydroxylation is 1. The van der Waals surface area contributed by atoms with E-state index in [1.807, 2.05) is 25.1 Å². The number of carbonyl (C=O) groups excluding carboxylic acids is 1. The number of rotatable bonds is 4. The molecule has 4 rings (SSSR count). The second-order valence-corrected chi connectivity index (χ2v) is 6.98. The van der Waals surface area contributed by atoms with Gasteiger partial charge >= 0.3 is 0 Å². The van der Waals surface area contributed by atoms with Gasteiger partial charge in [-0.3, -0.25) is 4.79 Å². The largest absolute Gasteiger partial charge is 0.322 e. The van der Waals surface area contributed by atoms with Crippen LogP contribution in [0.2, 0.25) is 0 Å². The lowest BCUT2D eigenvalue weighted by molar-refractivity contribution is -0.690. The predicted octanol–water partition coefficient (Wildman–Crippen LogP) is 3.64. The summed E-state index contributed by atoms with van der Waals surface area (Å²) in [6.45, 7) is 5.47. The first-order valence-corrected chi connectivity index (χ1v) is 9.17. The molecule has 0 atom stereocenters. The molecule has 0 radical (unpaired) electrons. The van der Waals surface area contributed by atoms with E-state index in [0.29, 0.717) is 6.54 Å². The summed E-state index contributed by atoms with van der Waals surface area (Å²) in [4.78, 5) is 12.6. The molecule has 132 valence electrons. The SMILES string of the molecule is Cc1cccc(NC(=O)C[n+]2cc(-c3ccccc3)n3c2CCC3)c1C. The Bertz CT molecular complexity index is 957. The Morgan fingerprint density at radius 1 is 1.12 bits per heavy atom. The van der Waals surface area contributed by atoms with Crippen molar-refractivity contribution >= 4 is 11.6 Å². The van der Waals surface area contributed by atoms with Gasteiger partial charge in [0.05, 0.1) is 13.0 Å². The minimum atomic E-state index is 0.0172. The van der Waals surface area contributed by atoms with Gasteiger partial charge in [0.1, 0.15) is 6.20 Å². The van der Waals surface area contributed by atoms with Gasteiger partial charge in [-0.25, -0.2) is 9.13 Å². The Kier molecular flexibility index (Phi) is 4.33. The van der Waals surface area contributed by atoms with Gasteiger partial charge in [-0.05, 0) is 37.5 Å². The van der Waals surface area contributed by atoms with Gasteiger partial charge in [0.15, 0.2) is 12.2 Å². The van der Waals surface area contributed by atoms with Crippen molar-refractivity contribution in [2.75, 3.05) is 5.32 Å². The molecule has 0 bridgehead atoms. The van der Waals surface area contributed by atoms with Crippen LogP contribution in [0.1, 0.15) is 23.4 Å². The minimum absolute atomic E-state index is 0.0172. The van der Waals surface area contributed by atoms with Gasteiger partial charge in [-0.15, -0.1) is 0 Å². The molecule has 1 aliphatic heterocycles. The van der Waals surface area contributed by atoms with Crippen molar-refractivity contribution in [3.05, 3.63) is 71.7 Å². The van der Waals surface area contributed by atoms with E-state index in [-0.39, 0.29) is 5.91 Å². The Labute approximate surface area is 154 Å². The summed E-state index contributed by atoms with van der Waals surface area (Å²) in [5.41, 5.74) is 5.60. The molecule has 26 heavy (non-hydrogen) atoms. The van der Waals surface area contributed by atoms with E-state index in [1.54, 1.807) is 0 Å². The van der Waals surface area contributed by atoms with Gasteiger partial charge in [-0.2, -0.15) is 0 Å². The van der Waals surface area contributed by atoms with Crippen LogP contribution in [0.4, 0.5) is 5.69 Å². The molecule has 3 aromatic rings. The van der Waals surface area contributed by atoms with Crippen LogP contribution in [-0.2, 0) is 24.3 Å². The Balaban J connectivity index is 1.59. The molecule has 4 nitrogen and oxygen atoms in total. The molecule has 4 heteroatoms. The number of aromatic nitrogens is 2. The molecule has 0 aliphatic carbocycles. The van der Waals surface area contributed by atoms with Crippen LogP contribution in [0.3, 0.4) is 0 Å². The van der Waals surface area contributed by atoms with Crippen LogP contribution in [0.25, 0.3) is 11.3 Å². The third kappa shape index (κ3) is 3.03. The van der Waals surface area contributed by atoms with Gasteiger partial charge in [0.25, 0.3) is 11.7 Å². The molecule has 1 aromatic heterocycles. The zero-order valence-electron chi connectivity index (χ0n) is 15.3. The number of benzene rings is 2. The first-order chi connectivity index (χ1) is 12.6. The van der Waals surface area contributed by atoms with Crippen molar-refractivity contribution in [2.45, 2.75) is 39.8 Å². The van der Waals surface area contributed by atoms with Crippen molar-refractivity contribution < 1.29 is 9.36 Å². The topological polar surface area (TPSA) is 37.9 Å². The number of carbonyl (C=O) groups is 1. The van der Waals surface area contributed by atoms with Crippen LogP contribution in [-0.4, -0.2) is 10.5 Å². The average Bonchev–Trinajstić information content (AvgIpc) is 3.24. The fraction of sp³-hybridized carbons (Fsp3) is 0.273. The smallest absolute Gasteiger partial charge is 0.266 e. The van der Waals surface area contributed by atoms with E-state index in [4.69, 9.17) is 0 Å². The summed E-state index contributed by atoms with van der Waals surface area (Å²) >= 11 is 0. The van der Waals surface area contributed by atoms with Crippen molar-refractivity contribution in [3.8, 4) is 11.3 Å². The monoisotopic (exact) mass is 346 g/mol. The molecule has 0 unspecified atom stereocenters. The van der Waals surface area contributed by atoms with E-state index >= 15 is 0 Å². The maximum absolute atomic E-state index is 12.6. The minimum Gasteiger partial charge on any atom is -0.322 e.